The molecule has 0 N–H and O–H groups in total. The van der Waals surface area contributed by atoms with Crippen molar-refractivity contribution >= 4 is 23.4 Å². The topological polar surface area (TPSA) is 57.5 Å². The van der Waals surface area contributed by atoms with E-state index in [0.717, 1.165) is 17.9 Å². The van der Waals surface area contributed by atoms with Crippen LogP contribution in [0.2, 0.25) is 5.02 Å². The zero-order valence-electron chi connectivity index (χ0n) is 14.2. The molecule has 1 aromatic heterocycles. The molecule has 0 radical (unpaired) electrons. The van der Waals surface area contributed by atoms with Crippen molar-refractivity contribution in [2.45, 2.75) is 27.3 Å². The maximum atomic E-state index is 12.2. The molecule has 5 nitrogen and oxygen atoms in total. The summed E-state index contributed by atoms with van der Waals surface area (Å²) < 4.78 is 12.2. The number of Topliss-reactive ketones (excluding diaryl/α,β-unsaturated/α-hetero) is 1. The number of nitrogens with zero attached hydrogens (tertiary/aromatic N) is 1. The molecule has 0 fully saturated rings. The maximum Gasteiger partial charge on any atom is 0.340 e. The molecule has 0 saturated heterocycles. The van der Waals surface area contributed by atoms with Gasteiger partial charge in [0, 0.05) is 23.5 Å². The first-order valence-corrected chi connectivity index (χ1v) is 7.97. The lowest BCUT2D eigenvalue weighted by Gasteiger charge is -2.07. The SMILES string of the molecule is CCn1c(C)cc(C(=O)OCC(=O)c2ccc(OC)c(Cl)c2)c1C. The van der Waals surface area contributed by atoms with Gasteiger partial charge in [0.15, 0.2) is 12.4 Å². The molecule has 6 heteroatoms. The molecular weight excluding hydrogens is 330 g/mol. The van der Waals surface area contributed by atoms with Gasteiger partial charge in [0.25, 0.3) is 0 Å². The molecule has 24 heavy (non-hydrogen) atoms. The number of aromatic nitrogens is 1. The molecule has 0 spiro atoms. The molecule has 128 valence electrons. The second kappa shape index (κ2) is 7.53. The Morgan fingerprint density at radius 3 is 2.46 bits per heavy atom. The van der Waals surface area contributed by atoms with E-state index in [-0.39, 0.29) is 12.4 Å². The first-order valence-electron chi connectivity index (χ1n) is 7.59. The van der Waals surface area contributed by atoms with E-state index in [2.05, 4.69) is 0 Å². The van der Waals surface area contributed by atoms with Crippen LogP contribution < -0.4 is 4.74 Å². The number of carbonyl (C=O) groups is 2. The van der Waals surface area contributed by atoms with Crippen LogP contribution in [0.15, 0.2) is 24.3 Å². The predicted octanol–water partition coefficient (Wildman–Crippen LogP) is 3.83. The minimum Gasteiger partial charge on any atom is -0.495 e. The first-order chi connectivity index (χ1) is 11.4. The molecule has 0 aliphatic rings. The van der Waals surface area contributed by atoms with Gasteiger partial charge in [-0.2, -0.15) is 0 Å². The average Bonchev–Trinajstić information content (AvgIpc) is 2.86. The molecule has 2 aromatic rings. The molecule has 0 saturated carbocycles. The van der Waals surface area contributed by atoms with Crippen molar-refractivity contribution in [3.63, 3.8) is 0 Å². The zero-order chi connectivity index (χ0) is 17.9. The number of methoxy groups -OCH3 is 1. The lowest BCUT2D eigenvalue weighted by Crippen LogP contribution is -2.15. The second-order valence-corrected chi connectivity index (χ2v) is 5.78. The van der Waals surface area contributed by atoms with Gasteiger partial charge >= 0.3 is 5.97 Å². The van der Waals surface area contributed by atoms with Gasteiger partial charge in [-0.1, -0.05) is 11.6 Å². The number of hydrogen-bond donors (Lipinski definition) is 0. The van der Waals surface area contributed by atoms with E-state index in [0.29, 0.717) is 21.9 Å². The minimum absolute atomic E-state index is 0.322. The van der Waals surface area contributed by atoms with Gasteiger partial charge < -0.3 is 14.0 Å². The van der Waals surface area contributed by atoms with Crippen LogP contribution in [-0.2, 0) is 11.3 Å². The molecule has 0 unspecified atom stereocenters. The Kier molecular flexibility index (Phi) is 5.67. The standard InChI is InChI=1S/C18H20ClNO4/c1-5-20-11(2)8-14(12(20)3)18(22)24-10-16(21)13-6-7-17(23-4)15(19)9-13/h6-9H,5,10H2,1-4H3. The molecule has 1 aromatic carbocycles. The Bertz CT molecular complexity index is 780. The van der Waals surface area contributed by atoms with Crippen LogP contribution in [0.25, 0.3) is 0 Å². The highest BCUT2D eigenvalue weighted by atomic mass is 35.5. The summed E-state index contributed by atoms with van der Waals surface area (Å²) in [6, 6.07) is 6.46. The lowest BCUT2D eigenvalue weighted by atomic mass is 10.1. The summed E-state index contributed by atoms with van der Waals surface area (Å²) >= 11 is 6.00. The summed E-state index contributed by atoms with van der Waals surface area (Å²) in [7, 11) is 1.50. The third-order valence-electron chi connectivity index (χ3n) is 3.92. The van der Waals surface area contributed by atoms with Crippen LogP contribution in [-0.4, -0.2) is 30.0 Å². The minimum atomic E-state index is -0.504. The molecule has 0 bridgehead atoms. The number of benzene rings is 1. The summed E-state index contributed by atoms with van der Waals surface area (Å²) in [5.74, 6) is -0.342. The van der Waals surface area contributed by atoms with E-state index < -0.39 is 5.97 Å². The first kappa shape index (κ1) is 18.1. The van der Waals surface area contributed by atoms with E-state index in [4.69, 9.17) is 21.1 Å². The molecule has 0 atom stereocenters. The maximum absolute atomic E-state index is 12.2. The Morgan fingerprint density at radius 1 is 1.21 bits per heavy atom. The van der Waals surface area contributed by atoms with Crippen molar-refractivity contribution in [2.24, 2.45) is 0 Å². The molecule has 2 rings (SSSR count). The number of ether oxygens (including phenoxy) is 2. The smallest absolute Gasteiger partial charge is 0.340 e. The summed E-state index contributed by atoms with van der Waals surface area (Å²) in [4.78, 5) is 24.4. The molecule has 0 aliphatic heterocycles. The van der Waals surface area contributed by atoms with Gasteiger partial charge in [-0.05, 0) is 45.0 Å². The van der Waals surface area contributed by atoms with Gasteiger partial charge in [-0.25, -0.2) is 4.79 Å². The van der Waals surface area contributed by atoms with E-state index in [9.17, 15) is 9.59 Å². The van der Waals surface area contributed by atoms with Crippen LogP contribution in [0.5, 0.6) is 5.75 Å². The number of aryl methyl sites for hydroxylation is 1. The number of esters is 1. The predicted molar refractivity (Wildman–Crippen MR) is 92.2 cm³/mol. The Labute approximate surface area is 146 Å². The number of ketones is 1. The Balaban J connectivity index is 2.06. The summed E-state index contributed by atoms with van der Waals surface area (Å²) in [6.45, 7) is 6.23. The normalized spacial score (nSPS) is 10.5. The highest BCUT2D eigenvalue weighted by molar-refractivity contribution is 6.32. The van der Waals surface area contributed by atoms with Gasteiger partial charge in [-0.3, -0.25) is 4.79 Å². The van der Waals surface area contributed by atoms with Crippen molar-refractivity contribution in [1.29, 1.82) is 0 Å². The van der Waals surface area contributed by atoms with Crippen LogP contribution >= 0.6 is 11.6 Å². The molecule has 0 aliphatic carbocycles. The van der Waals surface area contributed by atoms with Crippen LogP contribution in [0.4, 0.5) is 0 Å². The summed E-state index contributed by atoms with van der Waals surface area (Å²) in [5, 5.41) is 0.334. The Hall–Kier alpha value is -2.27. The van der Waals surface area contributed by atoms with Crippen molar-refractivity contribution in [3.05, 3.63) is 51.8 Å². The fraction of sp³-hybridized carbons (Fsp3) is 0.333. The molecule has 0 amide bonds. The van der Waals surface area contributed by atoms with E-state index >= 15 is 0 Å². The quantitative estimate of drug-likeness (QED) is 0.587. The van der Waals surface area contributed by atoms with Crippen molar-refractivity contribution in [3.8, 4) is 5.75 Å². The van der Waals surface area contributed by atoms with Crippen molar-refractivity contribution < 1.29 is 19.1 Å². The summed E-state index contributed by atoms with van der Waals surface area (Å²) in [5.41, 5.74) is 2.66. The number of halogens is 1. The third kappa shape index (κ3) is 3.62. The van der Waals surface area contributed by atoms with Crippen LogP contribution in [0.3, 0.4) is 0 Å². The fourth-order valence-electron chi connectivity index (χ4n) is 2.63. The van der Waals surface area contributed by atoms with Gasteiger partial charge in [0.2, 0.25) is 0 Å². The van der Waals surface area contributed by atoms with E-state index in [1.807, 2.05) is 25.3 Å². The summed E-state index contributed by atoms with van der Waals surface area (Å²) in [6.07, 6.45) is 0. The number of rotatable bonds is 6. The lowest BCUT2D eigenvalue weighted by molar-refractivity contribution is 0.0474. The average molecular weight is 350 g/mol. The number of carbonyl (C=O) groups excluding carboxylic acids is 2. The van der Waals surface area contributed by atoms with E-state index in [1.165, 1.54) is 13.2 Å². The monoisotopic (exact) mass is 349 g/mol. The fourth-order valence-corrected chi connectivity index (χ4v) is 2.88. The van der Waals surface area contributed by atoms with Crippen molar-refractivity contribution in [2.75, 3.05) is 13.7 Å². The van der Waals surface area contributed by atoms with E-state index in [1.54, 1.807) is 18.2 Å². The van der Waals surface area contributed by atoms with Gasteiger partial charge in [0.1, 0.15) is 5.75 Å². The van der Waals surface area contributed by atoms with Gasteiger partial charge in [0.05, 0.1) is 17.7 Å². The number of hydrogen-bond acceptors (Lipinski definition) is 4. The largest absolute Gasteiger partial charge is 0.495 e. The third-order valence-corrected chi connectivity index (χ3v) is 4.21. The van der Waals surface area contributed by atoms with Crippen LogP contribution in [0.1, 0.15) is 39.0 Å². The van der Waals surface area contributed by atoms with Gasteiger partial charge in [-0.15, -0.1) is 0 Å². The molecule has 1 heterocycles. The highest BCUT2D eigenvalue weighted by Gasteiger charge is 2.18. The Morgan fingerprint density at radius 2 is 1.92 bits per heavy atom. The second-order valence-electron chi connectivity index (χ2n) is 5.38. The highest BCUT2D eigenvalue weighted by Crippen LogP contribution is 2.25. The zero-order valence-corrected chi connectivity index (χ0v) is 14.9. The van der Waals surface area contributed by atoms with Crippen molar-refractivity contribution in [1.82, 2.24) is 4.57 Å². The van der Waals surface area contributed by atoms with Crippen LogP contribution in [0, 0.1) is 13.8 Å². The molecular formula is C18H20ClNO4.